The average molecular weight is 377 g/mol. The zero-order chi connectivity index (χ0) is 18.5. The second-order valence-corrected chi connectivity index (χ2v) is 7.13. The average Bonchev–Trinajstić information content (AvgIpc) is 3.07. The molecule has 132 valence electrons. The zero-order valence-corrected chi connectivity index (χ0v) is 14.6. The molecule has 0 saturated heterocycles. The molecule has 0 spiro atoms. The molecule has 0 saturated carbocycles. The van der Waals surface area contributed by atoms with Crippen LogP contribution in [0.4, 0.5) is 10.2 Å². The Kier molecular flexibility index (Phi) is 3.41. The fraction of sp³-hybridized carbons (Fsp3) is 0. The third kappa shape index (κ3) is 2.53. The summed E-state index contributed by atoms with van der Waals surface area (Å²) in [6.07, 6.45) is 3.24. The third-order valence-electron chi connectivity index (χ3n) is 4.39. The van der Waals surface area contributed by atoms with Crippen molar-refractivity contribution in [1.82, 2.24) is 19.9 Å². The summed E-state index contributed by atoms with van der Waals surface area (Å²) in [6.45, 7) is 0. The second kappa shape index (κ2) is 5.82. The van der Waals surface area contributed by atoms with Gasteiger partial charge < -0.3 is 15.7 Å². The summed E-state index contributed by atoms with van der Waals surface area (Å²) in [7, 11) is 0. The van der Waals surface area contributed by atoms with E-state index in [1.165, 1.54) is 23.9 Å². The Balaban J connectivity index is 1.82. The maximum atomic E-state index is 13.9. The summed E-state index contributed by atoms with van der Waals surface area (Å²) in [5.74, 6) is 0.0515. The van der Waals surface area contributed by atoms with Gasteiger partial charge in [0.25, 0.3) is 5.56 Å². The first kappa shape index (κ1) is 15.8. The van der Waals surface area contributed by atoms with Crippen LogP contribution in [0.15, 0.2) is 63.6 Å². The molecule has 0 amide bonds. The smallest absolute Gasteiger partial charge is 0.256 e. The van der Waals surface area contributed by atoms with Crippen molar-refractivity contribution in [1.29, 1.82) is 0 Å². The molecular weight excluding hydrogens is 365 g/mol. The first-order valence-corrected chi connectivity index (χ1v) is 8.93. The number of aromatic nitrogens is 4. The number of nitrogens with one attached hydrogen (secondary N) is 2. The lowest BCUT2D eigenvalue weighted by Gasteiger charge is -2.05. The van der Waals surface area contributed by atoms with Crippen LogP contribution in [0, 0.1) is 5.82 Å². The van der Waals surface area contributed by atoms with Crippen LogP contribution in [0.3, 0.4) is 0 Å². The van der Waals surface area contributed by atoms with Crippen LogP contribution < -0.4 is 11.3 Å². The topological polar surface area (TPSA) is 100 Å². The molecule has 3 heterocycles. The predicted molar refractivity (Wildman–Crippen MR) is 104 cm³/mol. The number of nitrogens with zero attached hydrogens (tertiary/aromatic N) is 2. The van der Waals surface area contributed by atoms with Crippen molar-refractivity contribution in [2.45, 2.75) is 10.1 Å². The van der Waals surface area contributed by atoms with Gasteiger partial charge in [0, 0.05) is 33.4 Å². The standard InChI is InChI=1S/C19H12FN5OS/c20-9-1-3-11-13(7-9)15-12(5-6-22-18(15)26)17-16(11)24-19(25-17)27-10-2-4-14(21)23-8-10/h1-8H,(H2,21,23)(H,22,26)(H,24,25). The van der Waals surface area contributed by atoms with Crippen molar-refractivity contribution >= 4 is 50.2 Å². The highest BCUT2D eigenvalue weighted by Crippen LogP contribution is 2.35. The molecule has 3 aromatic heterocycles. The van der Waals surface area contributed by atoms with E-state index in [0.29, 0.717) is 32.6 Å². The number of nitrogens with two attached hydrogens (primary N) is 1. The summed E-state index contributed by atoms with van der Waals surface area (Å²) in [6, 6.07) is 9.78. The van der Waals surface area contributed by atoms with Gasteiger partial charge in [-0.05, 0) is 36.4 Å². The van der Waals surface area contributed by atoms with Crippen LogP contribution in [0.1, 0.15) is 0 Å². The Bertz CT molecular complexity index is 1390. The van der Waals surface area contributed by atoms with E-state index < -0.39 is 5.82 Å². The van der Waals surface area contributed by atoms with Gasteiger partial charge in [0.1, 0.15) is 11.6 Å². The van der Waals surface area contributed by atoms with Gasteiger partial charge in [-0.1, -0.05) is 11.8 Å². The highest BCUT2D eigenvalue weighted by molar-refractivity contribution is 7.99. The fourth-order valence-electron chi connectivity index (χ4n) is 3.24. The highest BCUT2D eigenvalue weighted by Gasteiger charge is 2.16. The minimum absolute atomic E-state index is 0.273. The van der Waals surface area contributed by atoms with Crippen molar-refractivity contribution < 1.29 is 4.39 Å². The van der Waals surface area contributed by atoms with E-state index in [4.69, 9.17) is 5.73 Å². The van der Waals surface area contributed by atoms with Gasteiger partial charge >= 0.3 is 0 Å². The molecule has 4 N–H and O–H groups in total. The Morgan fingerprint density at radius 1 is 1.07 bits per heavy atom. The number of H-pyrrole nitrogens is 2. The molecule has 0 radical (unpaired) electrons. The molecule has 0 unspecified atom stereocenters. The molecule has 5 aromatic rings. The van der Waals surface area contributed by atoms with Crippen LogP contribution in [0.5, 0.6) is 0 Å². The van der Waals surface area contributed by atoms with E-state index in [1.807, 2.05) is 6.07 Å². The number of imidazole rings is 1. The van der Waals surface area contributed by atoms with Crippen molar-refractivity contribution in [2.24, 2.45) is 0 Å². The van der Waals surface area contributed by atoms with Crippen LogP contribution in [0.25, 0.3) is 32.6 Å². The summed E-state index contributed by atoms with van der Waals surface area (Å²) < 4.78 is 13.9. The summed E-state index contributed by atoms with van der Waals surface area (Å²) in [5, 5.41) is 3.04. The highest BCUT2D eigenvalue weighted by atomic mass is 32.2. The quantitative estimate of drug-likeness (QED) is 0.406. The van der Waals surface area contributed by atoms with E-state index in [2.05, 4.69) is 19.9 Å². The molecule has 5 rings (SSSR count). The van der Waals surface area contributed by atoms with E-state index in [9.17, 15) is 9.18 Å². The van der Waals surface area contributed by atoms with E-state index in [-0.39, 0.29) is 5.56 Å². The zero-order valence-electron chi connectivity index (χ0n) is 13.8. The van der Waals surface area contributed by atoms with Gasteiger partial charge in [-0.15, -0.1) is 0 Å². The van der Waals surface area contributed by atoms with Crippen molar-refractivity contribution in [2.75, 3.05) is 5.73 Å². The minimum Gasteiger partial charge on any atom is -0.384 e. The number of hydrogen-bond donors (Lipinski definition) is 3. The number of fused-ring (bicyclic) bond motifs is 6. The van der Waals surface area contributed by atoms with Gasteiger partial charge in [-0.2, -0.15) is 0 Å². The molecule has 0 aliphatic rings. The maximum absolute atomic E-state index is 13.9. The molecule has 2 aromatic carbocycles. The van der Waals surface area contributed by atoms with Crippen LogP contribution in [0.2, 0.25) is 0 Å². The number of anilines is 1. The van der Waals surface area contributed by atoms with Gasteiger partial charge in [-0.25, -0.2) is 14.4 Å². The number of halogens is 1. The van der Waals surface area contributed by atoms with Crippen LogP contribution >= 0.6 is 11.8 Å². The maximum Gasteiger partial charge on any atom is 0.256 e. The van der Waals surface area contributed by atoms with Crippen molar-refractivity contribution in [3.8, 4) is 0 Å². The van der Waals surface area contributed by atoms with Gasteiger partial charge in [0.2, 0.25) is 0 Å². The summed E-state index contributed by atoms with van der Waals surface area (Å²) in [4.78, 5) is 28.0. The Morgan fingerprint density at radius 2 is 1.96 bits per heavy atom. The Labute approximate surface area is 155 Å². The van der Waals surface area contributed by atoms with Gasteiger partial charge in [-0.3, -0.25) is 4.79 Å². The van der Waals surface area contributed by atoms with Crippen molar-refractivity contribution in [3.05, 3.63) is 65.0 Å². The largest absolute Gasteiger partial charge is 0.384 e. The first-order valence-electron chi connectivity index (χ1n) is 8.12. The van der Waals surface area contributed by atoms with Crippen molar-refractivity contribution in [3.63, 3.8) is 0 Å². The van der Waals surface area contributed by atoms with E-state index in [0.717, 1.165) is 15.8 Å². The number of nitrogen functional groups attached to an aromatic ring is 1. The first-order chi connectivity index (χ1) is 13.1. The van der Waals surface area contributed by atoms with Crippen LogP contribution in [-0.4, -0.2) is 19.9 Å². The lowest BCUT2D eigenvalue weighted by Crippen LogP contribution is -2.05. The number of rotatable bonds is 2. The molecule has 8 heteroatoms. The number of benzene rings is 2. The number of aromatic amines is 2. The van der Waals surface area contributed by atoms with Gasteiger partial charge in [0.05, 0.1) is 16.4 Å². The number of hydrogen-bond acceptors (Lipinski definition) is 5. The third-order valence-corrected chi connectivity index (χ3v) is 5.26. The summed E-state index contributed by atoms with van der Waals surface area (Å²) >= 11 is 1.40. The molecule has 0 aliphatic heterocycles. The molecule has 6 nitrogen and oxygen atoms in total. The lowest BCUT2D eigenvalue weighted by molar-refractivity contribution is 0.630. The summed E-state index contributed by atoms with van der Waals surface area (Å²) in [5.41, 5.74) is 6.78. The molecule has 0 aliphatic carbocycles. The second-order valence-electron chi connectivity index (χ2n) is 6.07. The van der Waals surface area contributed by atoms with Crippen LogP contribution in [-0.2, 0) is 0 Å². The normalized spacial score (nSPS) is 11.6. The molecule has 0 atom stereocenters. The molecular formula is C19H12FN5OS. The monoisotopic (exact) mass is 377 g/mol. The minimum atomic E-state index is -0.395. The van der Waals surface area contributed by atoms with E-state index in [1.54, 1.807) is 30.6 Å². The Hall–Kier alpha value is -3.39. The Morgan fingerprint density at radius 3 is 2.78 bits per heavy atom. The molecule has 0 bridgehead atoms. The van der Waals surface area contributed by atoms with Gasteiger partial charge in [0.15, 0.2) is 5.16 Å². The molecule has 27 heavy (non-hydrogen) atoms. The van der Waals surface area contributed by atoms with E-state index >= 15 is 0 Å². The fourth-order valence-corrected chi connectivity index (χ4v) is 3.99. The lowest BCUT2D eigenvalue weighted by atomic mass is 10.0. The number of pyridine rings is 2. The SMILES string of the molecule is Nc1ccc(Sc2nc3c4cc[nH]c(=O)c4c4cc(F)ccc4c3[nH]2)cn1. The molecule has 0 fully saturated rings. The predicted octanol–water partition coefficient (Wildman–Crippen LogP) is 3.83.